The first-order chi connectivity index (χ1) is 18.2. The van der Waals surface area contributed by atoms with E-state index in [4.69, 9.17) is 27.9 Å². The molecule has 0 aliphatic heterocycles. The van der Waals surface area contributed by atoms with Gasteiger partial charge in [-0.05, 0) is 73.2 Å². The third-order valence-electron chi connectivity index (χ3n) is 6.57. The molecule has 0 heterocycles. The molecular weight excluding hydrogens is 519 g/mol. The first kappa shape index (κ1) is 29.5. The van der Waals surface area contributed by atoms with Crippen LogP contribution in [0.15, 0.2) is 60.7 Å². The molecule has 0 bridgehead atoms. The highest BCUT2D eigenvalue weighted by atomic mass is 35.5. The lowest BCUT2D eigenvalue weighted by Gasteiger charge is -2.32. The fraction of sp³-hybridized carbons (Fsp3) is 0.355. The Kier molecular flexibility index (Phi) is 11.1. The Morgan fingerprint density at radius 3 is 2.42 bits per heavy atom. The average molecular weight is 556 g/mol. The van der Waals surface area contributed by atoms with Crippen LogP contribution in [0.3, 0.4) is 0 Å². The molecule has 0 aliphatic rings. The number of carbonyl (C=O) groups is 2. The number of unbranched alkanes of at least 4 members (excludes halogenated alkanes) is 1. The number of amides is 2. The molecule has 0 unspecified atom stereocenters. The molecule has 1 N–H and O–H groups in total. The molecule has 0 aromatic heterocycles. The summed E-state index contributed by atoms with van der Waals surface area (Å²) >= 11 is 12.6. The summed E-state index contributed by atoms with van der Waals surface area (Å²) < 4.78 is 6.03. The van der Waals surface area contributed by atoms with Crippen molar-refractivity contribution in [1.82, 2.24) is 10.2 Å². The smallest absolute Gasteiger partial charge is 0.261 e. The van der Waals surface area contributed by atoms with E-state index in [1.54, 1.807) is 23.1 Å². The minimum atomic E-state index is -0.752. The molecule has 3 aromatic carbocycles. The standard InChI is InChI=1S/C31H36Cl2N2O3/c1-5-6-14-34-31(37)28(17-24-10-8-7-9-11-24)35(19-25-12-13-26(32)18-27(25)33)30(36)20-38-29-16-21(2)15-22(3)23(29)4/h7-13,15-16,18,28H,5-6,14,17,19-20H2,1-4H3,(H,34,37)/t28-/m0/s1. The summed E-state index contributed by atoms with van der Waals surface area (Å²) in [7, 11) is 0. The molecule has 3 rings (SSSR count). The normalized spacial score (nSPS) is 11.6. The van der Waals surface area contributed by atoms with Crippen LogP contribution in [-0.4, -0.2) is 35.9 Å². The topological polar surface area (TPSA) is 58.6 Å². The molecule has 0 saturated heterocycles. The molecule has 3 aromatic rings. The zero-order chi connectivity index (χ0) is 27.7. The van der Waals surface area contributed by atoms with Gasteiger partial charge in [-0.25, -0.2) is 0 Å². The average Bonchev–Trinajstić information content (AvgIpc) is 2.89. The van der Waals surface area contributed by atoms with E-state index in [0.717, 1.165) is 35.1 Å². The van der Waals surface area contributed by atoms with Crippen LogP contribution >= 0.6 is 23.2 Å². The predicted molar refractivity (Wildman–Crippen MR) is 155 cm³/mol. The maximum Gasteiger partial charge on any atom is 0.261 e. The van der Waals surface area contributed by atoms with Gasteiger partial charge in [0.25, 0.3) is 5.91 Å². The summed E-state index contributed by atoms with van der Waals surface area (Å²) in [5.41, 5.74) is 4.78. The number of nitrogens with one attached hydrogen (secondary N) is 1. The van der Waals surface area contributed by atoms with Crippen molar-refractivity contribution >= 4 is 35.0 Å². The van der Waals surface area contributed by atoms with Gasteiger partial charge in [0.2, 0.25) is 5.91 Å². The van der Waals surface area contributed by atoms with Gasteiger partial charge in [0.15, 0.2) is 6.61 Å². The zero-order valence-corrected chi connectivity index (χ0v) is 24.0. The molecule has 0 spiro atoms. The van der Waals surface area contributed by atoms with Gasteiger partial charge >= 0.3 is 0 Å². The summed E-state index contributed by atoms with van der Waals surface area (Å²) in [6, 6.07) is 18.1. The van der Waals surface area contributed by atoms with Crippen LogP contribution < -0.4 is 10.1 Å². The minimum Gasteiger partial charge on any atom is -0.483 e. The third kappa shape index (κ3) is 8.24. The van der Waals surface area contributed by atoms with Crippen molar-refractivity contribution in [1.29, 1.82) is 0 Å². The van der Waals surface area contributed by atoms with E-state index < -0.39 is 6.04 Å². The minimum absolute atomic E-state index is 0.142. The molecule has 0 aliphatic carbocycles. The van der Waals surface area contributed by atoms with Crippen LogP contribution in [0, 0.1) is 20.8 Å². The van der Waals surface area contributed by atoms with E-state index in [-0.39, 0.29) is 25.0 Å². The molecule has 1 atom stereocenters. The molecule has 0 saturated carbocycles. The van der Waals surface area contributed by atoms with E-state index >= 15 is 0 Å². The Balaban J connectivity index is 1.95. The van der Waals surface area contributed by atoms with E-state index in [9.17, 15) is 9.59 Å². The lowest BCUT2D eigenvalue weighted by Crippen LogP contribution is -2.51. The number of aryl methyl sites for hydroxylation is 2. The van der Waals surface area contributed by atoms with Crippen molar-refractivity contribution in [2.45, 2.75) is 59.5 Å². The molecule has 0 radical (unpaired) electrons. The van der Waals surface area contributed by atoms with Gasteiger partial charge in [-0.1, -0.05) is 79.0 Å². The number of halogens is 2. The molecule has 2 amide bonds. The number of carbonyl (C=O) groups excluding carboxylic acids is 2. The van der Waals surface area contributed by atoms with Crippen LogP contribution in [0.2, 0.25) is 10.0 Å². The molecular formula is C31H36Cl2N2O3. The monoisotopic (exact) mass is 554 g/mol. The summed E-state index contributed by atoms with van der Waals surface area (Å²) in [6.45, 7) is 8.53. The first-order valence-electron chi connectivity index (χ1n) is 12.9. The highest BCUT2D eigenvalue weighted by molar-refractivity contribution is 6.35. The Morgan fingerprint density at radius 1 is 1.00 bits per heavy atom. The lowest BCUT2D eigenvalue weighted by atomic mass is 10.0. The van der Waals surface area contributed by atoms with E-state index in [0.29, 0.717) is 34.3 Å². The zero-order valence-electron chi connectivity index (χ0n) is 22.5. The number of hydrogen-bond acceptors (Lipinski definition) is 3. The second-order valence-corrected chi connectivity index (χ2v) is 10.4. The van der Waals surface area contributed by atoms with Gasteiger partial charge in [0, 0.05) is 29.6 Å². The Bertz CT molecular complexity index is 1250. The van der Waals surface area contributed by atoms with E-state index in [2.05, 4.69) is 18.3 Å². The highest BCUT2D eigenvalue weighted by Crippen LogP contribution is 2.26. The van der Waals surface area contributed by atoms with Gasteiger partial charge in [0.1, 0.15) is 11.8 Å². The third-order valence-corrected chi connectivity index (χ3v) is 7.16. The SMILES string of the molecule is CCCCNC(=O)[C@H](Cc1ccccc1)N(Cc1ccc(Cl)cc1Cl)C(=O)COc1cc(C)cc(C)c1C. The number of nitrogens with zero attached hydrogens (tertiary/aromatic N) is 1. The molecule has 38 heavy (non-hydrogen) atoms. The van der Waals surface area contributed by atoms with E-state index in [1.165, 1.54) is 0 Å². The van der Waals surface area contributed by atoms with Crippen LogP contribution in [0.1, 0.15) is 47.6 Å². The van der Waals surface area contributed by atoms with Crippen molar-refractivity contribution < 1.29 is 14.3 Å². The number of ether oxygens (including phenoxy) is 1. The Labute approximate surface area is 236 Å². The fourth-order valence-electron chi connectivity index (χ4n) is 4.27. The van der Waals surface area contributed by atoms with Crippen molar-refractivity contribution in [2.75, 3.05) is 13.2 Å². The van der Waals surface area contributed by atoms with Crippen molar-refractivity contribution in [2.24, 2.45) is 0 Å². The number of hydrogen-bond donors (Lipinski definition) is 1. The quantitative estimate of drug-likeness (QED) is 0.249. The Hall–Kier alpha value is -3.02. The van der Waals surface area contributed by atoms with Crippen LogP contribution in [0.25, 0.3) is 0 Å². The molecule has 202 valence electrons. The predicted octanol–water partition coefficient (Wildman–Crippen LogP) is 6.85. The second-order valence-electron chi connectivity index (χ2n) is 9.60. The van der Waals surface area contributed by atoms with Crippen molar-refractivity contribution in [3.05, 3.63) is 98.5 Å². The van der Waals surface area contributed by atoms with Gasteiger partial charge in [-0.3, -0.25) is 9.59 Å². The van der Waals surface area contributed by atoms with Gasteiger partial charge < -0.3 is 15.0 Å². The molecule has 0 fully saturated rings. The summed E-state index contributed by atoms with van der Waals surface area (Å²) in [4.78, 5) is 28.9. The largest absolute Gasteiger partial charge is 0.483 e. The molecule has 7 heteroatoms. The van der Waals surface area contributed by atoms with E-state index in [1.807, 2.05) is 57.2 Å². The van der Waals surface area contributed by atoms with Crippen LogP contribution in [0.4, 0.5) is 0 Å². The first-order valence-corrected chi connectivity index (χ1v) is 13.7. The number of rotatable bonds is 12. The van der Waals surface area contributed by atoms with Gasteiger partial charge in [-0.2, -0.15) is 0 Å². The van der Waals surface area contributed by atoms with Crippen molar-refractivity contribution in [3.8, 4) is 5.75 Å². The van der Waals surface area contributed by atoms with Crippen LogP contribution in [0.5, 0.6) is 5.75 Å². The lowest BCUT2D eigenvalue weighted by molar-refractivity contribution is -0.142. The highest BCUT2D eigenvalue weighted by Gasteiger charge is 2.31. The summed E-state index contributed by atoms with van der Waals surface area (Å²) in [5.74, 6) is 0.150. The van der Waals surface area contributed by atoms with Crippen molar-refractivity contribution in [3.63, 3.8) is 0 Å². The molecule has 5 nitrogen and oxygen atoms in total. The second kappa shape index (κ2) is 14.2. The maximum absolute atomic E-state index is 13.8. The summed E-state index contributed by atoms with van der Waals surface area (Å²) in [5, 5.41) is 3.96. The van der Waals surface area contributed by atoms with Gasteiger partial charge in [0.05, 0.1) is 0 Å². The van der Waals surface area contributed by atoms with Crippen LogP contribution in [-0.2, 0) is 22.6 Å². The fourth-order valence-corrected chi connectivity index (χ4v) is 4.73. The maximum atomic E-state index is 13.8. The summed E-state index contributed by atoms with van der Waals surface area (Å²) in [6.07, 6.45) is 2.17. The number of benzene rings is 3. The van der Waals surface area contributed by atoms with Gasteiger partial charge in [-0.15, -0.1) is 0 Å². The Morgan fingerprint density at radius 2 is 1.74 bits per heavy atom.